The molecule has 0 amide bonds. The summed E-state index contributed by atoms with van der Waals surface area (Å²) in [5, 5.41) is 1.30. The van der Waals surface area contributed by atoms with Gasteiger partial charge in [-0.3, -0.25) is 4.98 Å². The van der Waals surface area contributed by atoms with Crippen molar-refractivity contribution >= 4 is 28.8 Å². The van der Waals surface area contributed by atoms with Gasteiger partial charge in [-0.15, -0.1) is 0 Å². The maximum absolute atomic E-state index is 6.37. The van der Waals surface area contributed by atoms with E-state index in [1.807, 2.05) is 30.5 Å². The van der Waals surface area contributed by atoms with E-state index < -0.39 is 0 Å². The predicted octanol–water partition coefficient (Wildman–Crippen LogP) is 5.57. The van der Waals surface area contributed by atoms with Crippen LogP contribution in [0, 0.1) is 0 Å². The van der Waals surface area contributed by atoms with Gasteiger partial charge in [0.05, 0.1) is 13.4 Å². The Hall–Kier alpha value is -1.51. The lowest BCUT2D eigenvalue weighted by Crippen LogP contribution is -2.03. The minimum Gasteiger partial charge on any atom is -0.504 e. The van der Waals surface area contributed by atoms with Gasteiger partial charge in [0.1, 0.15) is 0 Å². The number of nitrogens with zero attached hydrogens (tertiary/aromatic N) is 1. The van der Waals surface area contributed by atoms with Crippen LogP contribution in [0.2, 0.25) is 10.0 Å². The summed E-state index contributed by atoms with van der Waals surface area (Å²) in [6, 6.07) is 9.53. The zero-order valence-corrected chi connectivity index (χ0v) is 13.5. The van der Waals surface area contributed by atoms with Crippen LogP contribution in [0.15, 0.2) is 49.0 Å². The fourth-order valence-electron chi connectivity index (χ4n) is 2.40. The number of allylic oxidation sites excluding steroid dienone is 1. The summed E-state index contributed by atoms with van der Waals surface area (Å²) in [5.41, 5.74) is 3.12. The largest absolute Gasteiger partial charge is 0.504 e. The zero-order chi connectivity index (χ0) is 15.2. The molecule has 1 unspecified atom stereocenters. The minimum atomic E-state index is 0.124. The van der Waals surface area contributed by atoms with Crippen molar-refractivity contribution in [1.29, 1.82) is 0 Å². The standard InChI is InChI=1S/C17H17Cl2NO/c1-3-14(15-7-6-13(18)9-17(15)19)16(11-21-2)12-5-4-8-20-10-12/h4-11,14H,3H2,1-2H3/b16-11+. The monoisotopic (exact) mass is 321 g/mol. The second-order valence-corrected chi connectivity index (χ2v) is 5.52. The van der Waals surface area contributed by atoms with Gasteiger partial charge >= 0.3 is 0 Å². The molecule has 1 aromatic heterocycles. The highest BCUT2D eigenvalue weighted by Crippen LogP contribution is 2.38. The Balaban J connectivity index is 2.49. The van der Waals surface area contributed by atoms with Gasteiger partial charge in [-0.1, -0.05) is 42.3 Å². The van der Waals surface area contributed by atoms with E-state index >= 15 is 0 Å². The van der Waals surface area contributed by atoms with Crippen molar-refractivity contribution in [3.05, 3.63) is 70.2 Å². The maximum Gasteiger partial charge on any atom is 0.0869 e. The van der Waals surface area contributed by atoms with E-state index in [9.17, 15) is 0 Å². The van der Waals surface area contributed by atoms with Crippen molar-refractivity contribution in [3.63, 3.8) is 0 Å². The van der Waals surface area contributed by atoms with Gasteiger partial charge in [0, 0.05) is 33.9 Å². The van der Waals surface area contributed by atoms with Crippen LogP contribution >= 0.6 is 23.2 Å². The number of hydrogen-bond acceptors (Lipinski definition) is 2. The average Bonchev–Trinajstić information content (AvgIpc) is 2.50. The molecule has 4 heteroatoms. The van der Waals surface area contributed by atoms with Crippen molar-refractivity contribution in [2.45, 2.75) is 19.3 Å². The molecule has 1 atom stereocenters. The van der Waals surface area contributed by atoms with Crippen LogP contribution in [-0.4, -0.2) is 12.1 Å². The Bertz CT molecular complexity index is 626. The van der Waals surface area contributed by atoms with Crippen molar-refractivity contribution in [1.82, 2.24) is 4.98 Å². The van der Waals surface area contributed by atoms with Gasteiger partial charge in [-0.2, -0.15) is 0 Å². The van der Waals surface area contributed by atoms with E-state index in [2.05, 4.69) is 11.9 Å². The van der Waals surface area contributed by atoms with Gasteiger partial charge in [0.2, 0.25) is 0 Å². The average molecular weight is 322 g/mol. The maximum atomic E-state index is 6.37. The quantitative estimate of drug-likeness (QED) is 0.671. The molecule has 0 aliphatic carbocycles. The highest BCUT2D eigenvalue weighted by molar-refractivity contribution is 6.35. The summed E-state index contributed by atoms with van der Waals surface area (Å²) >= 11 is 12.4. The third kappa shape index (κ3) is 3.78. The lowest BCUT2D eigenvalue weighted by atomic mass is 9.86. The smallest absolute Gasteiger partial charge is 0.0869 e. The van der Waals surface area contributed by atoms with Crippen molar-refractivity contribution < 1.29 is 4.74 Å². The van der Waals surface area contributed by atoms with E-state index in [0.717, 1.165) is 23.1 Å². The Kier molecular flexibility index (Phi) is 5.66. The molecule has 0 N–H and O–H groups in total. The molecule has 0 bridgehead atoms. The number of methoxy groups -OCH3 is 1. The lowest BCUT2D eigenvalue weighted by molar-refractivity contribution is 0.338. The summed E-state index contributed by atoms with van der Waals surface area (Å²) < 4.78 is 5.27. The third-order valence-electron chi connectivity index (χ3n) is 3.36. The molecule has 0 saturated carbocycles. The van der Waals surface area contributed by atoms with Crippen LogP contribution in [0.5, 0.6) is 0 Å². The number of pyridine rings is 1. The molecule has 21 heavy (non-hydrogen) atoms. The Morgan fingerprint density at radius 1 is 1.33 bits per heavy atom. The zero-order valence-electron chi connectivity index (χ0n) is 12.0. The Morgan fingerprint density at radius 2 is 2.14 bits per heavy atom. The van der Waals surface area contributed by atoms with E-state index in [4.69, 9.17) is 27.9 Å². The number of hydrogen-bond donors (Lipinski definition) is 0. The summed E-state index contributed by atoms with van der Waals surface area (Å²) in [5.74, 6) is 0.124. The minimum absolute atomic E-state index is 0.124. The van der Waals surface area contributed by atoms with Gasteiger partial charge in [-0.25, -0.2) is 0 Å². The molecule has 2 nitrogen and oxygen atoms in total. The van der Waals surface area contributed by atoms with Gasteiger partial charge in [0.25, 0.3) is 0 Å². The van der Waals surface area contributed by atoms with Crippen LogP contribution in [0.4, 0.5) is 0 Å². The molecule has 110 valence electrons. The van der Waals surface area contributed by atoms with Crippen molar-refractivity contribution in [2.24, 2.45) is 0 Å². The molecule has 2 aromatic rings. The van der Waals surface area contributed by atoms with Crippen LogP contribution in [0.25, 0.3) is 5.57 Å². The second-order valence-electron chi connectivity index (χ2n) is 4.68. The summed E-state index contributed by atoms with van der Waals surface area (Å²) in [7, 11) is 1.65. The van der Waals surface area contributed by atoms with Crippen LogP contribution in [0.3, 0.4) is 0 Å². The SMILES string of the molecule is CCC(/C(=C/OC)c1cccnc1)c1ccc(Cl)cc1Cl. The second kappa shape index (κ2) is 7.48. The molecule has 0 aliphatic rings. The van der Waals surface area contributed by atoms with E-state index in [1.54, 1.807) is 25.6 Å². The number of ether oxygens (including phenoxy) is 1. The van der Waals surface area contributed by atoms with Crippen LogP contribution in [0.1, 0.15) is 30.4 Å². The first-order valence-corrected chi connectivity index (χ1v) is 7.51. The third-order valence-corrected chi connectivity index (χ3v) is 3.92. The molecule has 0 spiro atoms. The summed E-state index contributed by atoms with van der Waals surface area (Å²) in [6.45, 7) is 2.12. The van der Waals surface area contributed by atoms with Crippen molar-refractivity contribution in [3.8, 4) is 0 Å². The highest BCUT2D eigenvalue weighted by atomic mass is 35.5. The van der Waals surface area contributed by atoms with Gasteiger partial charge in [0.15, 0.2) is 0 Å². The summed E-state index contributed by atoms with van der Waals surface area (Å²) in [4.78, 5) is 4.18. The first kappa shape index (κ1) is 15.9. The Labute approximate surface area is 135 Å². The molecule has 1 heterocycles. The van der Waals surface area contributed by atoms with Crippen LogP contribution in [-0.2, 0) is 4.74 Å². The Morgan fingerprint density at radius 3 is 2.71 bits per heavy atom. The molecular weight excluding hydrogens is 305 g/mol. The fraction of sp³-hybridized carbons (Fsp3) is 0.235. The number of benzene rings is 1. The number of aromatic nitrogens is 1. The molecular formula is C17H17Cl2NO. The highest BCUT2D eigenvalue weighted by Gasteiger charge is 2.20. The number of halogens is 2. The topological polar surface area (TPSA) is 22.1 Å². The normalized spacial score (nSPS) is 13.0. The van der Waals surface area contributed by atoms with Crippen LogP contribution < -0.4 is 0 Å². The molecule has 0 radical (unpaired) electrons. The van der Waals surface area contributed by atoms with E-state index in [-0.39, 0.29) is 5.92 Å². The molecule has 0 saturated heterocycles. The van der Waals surface area contributed by atoms with Gasteiger partial charge in [-0.05, 0) is 35.7 Å². The molecule has 2 rings (SSSR count). The van der Waals surface area contributed by atoms with E-state index in [0.29, 0.717) is 10.0 Å². The summed E-state index contributed by atoms with van der Waals surface area (Å²) in [6.07, 6.45) is 6.24. The molecule has 0 fully saturated rings. The molecule has 0 aliphatic heterocycles. The number of rotatable bonds is 5. The lowest BCUT2D eigenvalue weighted by Gasteiger charge is -2.20. The van der Waals surface area contributed by atoms with E-state index in [1.165, 1.54) is 0 Å². The fourth-order valence-corrected chi connectivity index (χ4v) is 2.94. The predicted molar refractivity (Wildman–Crippen MR) is 88.7 cm³/mol. The van der Waals surface area contributed by atoms with Gasteiger partial charge < -0.3 is 4.74 Å². The molecule has 1 aromatic carbocycles. The first-order valence-electron chi connectivity index (χ1n) is 6.75. The first-order chi connectivity index (χ1) is 10.2. The van der Waals surface area contributed by atoms with Crippen molar-refractivity contribution in [2.75, 3.05) is 7.11 Å².